The Morgan fingerprint density at radius 3 is 2.94 bits per heavy atom. The zero-order valence-electron chi connectivity index (χ0n) is 10.2. The molecule has 0 heterocycles. The number of carbonyl (C=O) groups is 1. The summed E-state index contributed by atoms with van der Waals surface area (Å²) < 4.78 is 22.9. The predicted octanol–water partition coefficient (Wildman–Crippen LogP) is 1.40. The summed E-state index contributed by atoms with van der Waals surface area (Å²) in [5, 5.41) is 2.48. The quantitative estimate of drug-likeness (QED) is 0.571. The number of methoxy groups -OCH3 is 1. The van der Waals surface area contributed by atoms with Gasteiger partial charge in [0.15, 0.2) is 0 Å². The Bertz CT molecular complexity index is 399. The fraction of sp³-hybridized carbons (Fsp3) is 0.417. The minimum absolute atomic E-state index is 0.0976. The minimum Gasteiger partial charge on any atom is -0.397 e. The molecule has 0 atom stereocenters. The monoisotopic (exact) mass is 256 g/mol. The number of nitrogens with one attached hydrogen (secondary N) is 1. The maximum atomic E-state index is 12.9. The summed E-state index contributed by atoms with van der Waals surface area (Å²) >= 11 is 0. The van der Waals surface area contributed by atoms with Crippen molar-refractivity contribution in [1.82, 2.24) is 0 Å². The Labute approximate surface area is 105 Å². The van der Waals surface area contributed by atoms with E-state index in [1.165, 1.54) is 12.1 Å². The molecule has 0 aliphatic carbocycles. The summed E-state index contributed by atoms with van der Waals surface area (Å²) in [6.45, 7) is 0.915. The first kappa shape index (κ1) is 14.4. The van der Waals surface area contributed by atoms with E-state index in [0.29, 0.717) is 25.3 Å². The largest absolute Gasteiger partial charge is 0.397 e. The summed E-state index contributed by atoms with van der Waals surface area (Å²) in [6.07, 6.45) is 0.714. The van der Waals surface area contributed by atoms with Crippen LogP contribution in [0.25, 0.3) is 0 Å². The van der Waals surface area contributed by atoms with Gasteiger partial charge in [-0.15, -0.1) is 0 Å². The topological polar surface area (TPSA) is 73.6 Å². The minimum atomic E-state index is -0.458. The van der Waals surface area contributed by atoms with Gasteiger partial charge in [-0.3, -0.25) is 4.79 Å². The average molecular weight is 256 g/mol. The van der Waals surface area contributed by atoms with Crippen LogP contribution >= 0.6 is 0 Å². The lowest BCUT2D eigenvalue weighted by Crippen LogP contribution is -2.19. The highest BCUT2D eigenvalue weighted by molar-refractivity contribution is 5.94. The molecule has 1 aromatic rings. The van der Waals surface area contributed by atoms with Crippen molar-refractivity contribution >= 4 is 17.3 Å². The number of benzene rings is 1. The van der Waals surface area contributed by atoms with E-state index in [4.69, 9.17) is 15.2 Å². The number of ether oxygens (including phenoxy) is 2. The van der Waals surface area contributed by atoms with Gasteiger partial charge in [0, 0.05) is 20.3 Å². The standard InChI is InChI=1S/C12H17FN2O3/c1-17-5-2-6-18-8-12(16)15-11-7-9(13)3-4-10(11)14/h3-4,7H,2,5-6,8,14H2,1H3,(H,15,16). The lowest BCUT2D eigenvalue weighted by atomic mass is 10.2. The van der Waals surface area contributed by atoms with Gasteiger partial charge < -0.3 is 20.5 Å². The van der Waals surface area contributed by atoms with Gasteiger partial charge in [0.25, 0.3) is 0 Å². The molecule has 0 spiro atoms. The Morgan fingerprint density at radius 2 is 2.22 bits per heavy atom. The Hall–Kier alpha value is -1.66. The van der Waals surface area contributed by atoms with Gasteiger partial charge in [0.2, 0.25) is 5.91 Å². The van der Waals surface area contributed by atoms with Crippen LogP contribution in [0.3, 0.4) is 0 Å². The van der Waals surface area contributed by atoms with Crippen molar-refractivity contribution in [3.05, 3.63) is 24.0 Å². The van der Waals surface area contributed by atoms with Crippen LogP contribution in [-0.2, 0) is 14.3 Å². The zero-order chi connectivity index (χ0) is 13.4. The summed E-state index contributed by atoms with van der Waals surface area (Å²) in [4.78, 5) is 11.5. The molecule has 1 amide bonds. The molecule has 0 unspecified atom stereocenters. The third-order valence-electron chi connectivity index (χ3n) is 2.16. The Morgan fingerprint density at radius 1 is 1.44 bits per heavy atom. The third-order valence-corrected chi connectivity index (χ3v) is 2.16. The van der Waals surface area contributed by atoms with Crippen LogP contribution in [0.4, 0.5) is 15.8 Å². The maximum Gasteiger partial charge on any atom is 0.250 e. The predicted molar refractivity (Wildman–Crippen MR) is 66.8 cm³/mol. The van der Waals surface area contributed by atoms with E-state index in [1.807, 2.05) is 0 Å². The van der Waals surface area contributed by atoms with Gasteiger partial charge in [-0.25, -0.2) is 4.39 Å². The molecule has 0 bridgehead atoms. The molecular weight excluding hydrogens is 239 g/mol. The van der Waals surface area contributed by atoms with Gasteiger partial charge in [-0.1, -0.05) is 0 Å². The van der Waals surface area contributed by atoms with Crippen LogP contribution in [0.1, 0.15) is 6.42 Å². The van der Waals surface area contributed by atoms with Crippen LogP contribution in [0.15, 0.2) is 18.2 Å². The molecule has 1 aromatic carbocycles. The first-order chi connectivity index (χ1) is 8.63. The third kappa shape index (κ3) is 5.11. The molecule has 0 aromatic heterocycles. The molecular formula is C12H17FN2O3. The van der Waals surface area contributed by atoms with Gasteiger partial charge in [-0.2, -0.15) is 0 Å². The number of hydrogen-bond donors (Lipinski definition) is 2. The first-order valence-electron chi connectivity index (χ1n) is 5.55. The highest BCUT2D eigenvalue weighted by atomic mass is 19.1. The summed E-state index contributed by atoms with van der Waals surface area (Å²) in [7, 11) is 1.60. The van der Waals surface area contributed by atoms with E-state index in [2.05, 4.69) is 5.32 Å². The molecule has 18 heavy (non-hydrogen) atoms. The lowest BCUT2D eigenvalue weighted by Gasteiger charge is -2.08. The van der Waals surface area contributed by atoms with E-state index in [9.17, 15) is 9.18 Å². The van der Waals surface area contributed by atoms with Gasteiger partial charge in [0.1, 0.15) is 12.4 Å². The molecule has 0 radical (unpaired) electrons. The molecule has 0 fully saturated rings. The maximum absolute atomic E-state index is 12.9. The van der Waals surface area contributed by atoms with Crippen molar-refractivity contribution in [3.8, 4) is 0 Å². The Kier molecular flexibility index (Phi) is 6.10. The Balaban J connectivity index is 2.33. The first-order valence-corrected chi connectivity index (χ1v) is 5.55. The molecule has 1 rings (SSSR count). The SMILES string of the molecule is COCCCOCC(=O)Nc1cc(F)ccc1N. The van der Waals surface area contributed by atoms with Crippen molar-refractivity contribution in [3.63, 3.8) is 0 Å². The van der Waals surface area contributed by atoms with Gasteiger partial charge in [-0.05, 0) is 24.6 Å². The normalized spacial score (nSPS) is 10.3. The van der Waals surface area contributed by atoms with E-state index < -0.39 is 5.82 Å². The fourth-order valence-electron chi connectivity index (χ4n) is 1.29. The molecule has 0 saturated heterocycles. The number of anilines is 2. The van der Waals surface area contributed by atoms with Crippen molar-refractivity contribution in [2.45, 2.75) is 6.42 Å². The van der Waals surface area contributed by atoms with Crippen LogP contribution < -0.4 is 11.1 Å². The van der Waals surface area contributed by atoms with Crippen LogP contribution in [0.2, 0.25) is 0 Å². The lowest BCUT2D eigenvalue weighted by molar-refractivity contribution is -0.120. The zero-order valence-corrected chi connectivity index (χ0v) is 10.2. The van der Waals surface area contributed by atoms with Crippen LogP contribution in [0.5, 0.6) is 0 Å². The molecule has 6 heteroatoms. The van der Waals surface area contributed by atoms with E-state index in [0.717, 1.165) is 6.07 Å². The molecule has 0 saturated carbocycles. The smallest absolute Gasteiger partial charge is 0.250 e. The van der Waals surface area contributed by atoms with Crippen molar-refractivity contribution < 1.29 is 18.7 Å². The highest BCUT2D eigenvalue weighted by Crippen LogP contribution is 2.18. The molecule has 5 nitrogen and oxygen atoms in total. The number of nitrogen functional groups attached to an aromatic ring is 1. The molecule has 3 N–H and O–H groups in total. The number of hydrogen-bond acceptors (Lipinski definition) is 4. The summed E-state index contributed by atoms with van der Waals surface area (Å²) in [5.74, 6) is -0.828. The molecule has 0 aliphatic heterocycles. The van der Waals surface area contributed by atoms with E-state index in [-0.39, 0.29) is 18.2 Å². The number of amides is 1. The number of halogens is 1. The molecule has 100 valence electrons. The number of carbonyl (C=O) groups excluding carboxylic acids is 1. The second-order valence-corrected chi connectivity index (χ2v) is 3.68. The fourth-order valence-corrected chi connectivity index (χ4v) is 1.29. The van der Waals surface area contributed by atoms with Crippen LogP contribution in [-0.4, -0.2) is 32.8 Å². The molecule has 0 aliphatic rings. The summed E-state index contributed by atoms with van der Waals surface area (Å²) in [5.41, 5.74) is 6.15. The number of nitrogens with two attached hydrogens (primary N) is 1. The summed E-state index contributed by atoms with van der Waals surface area (Å²) in [6, 6.07) is 3.79. The van der Waals surface area contributed by atoms with Crippen molar-refractivity contribution in [2.24, 2.45) is 0 Å². The van der Waals surface area contributed by atoms with E-state index >= 15 is 0 Å². The second kappa shape index (κ2) is 7.62. The average Bonchev–Trinajstić information content (AvgIpc) is 2.33. The van der Waals surface area contributed by atoms with Crippen molar-refractivity contribution in [2.75, 3.05) is 38.0 Å². The van der Waals surface area contributed by atoms with Crippen LogP contribution in [0, 0.1) is 5.82 Å². The number of rotatable bonds is 7. The highest BCUT2D eigenvalue weighted by Gasteiger charge is 2.06. The van der Waals surface area contributed by atoms with E-state index in [1.54, 1.807) is 7.11 Å². The van der Waals surface area contributed by atoms with Gasteiger partial charge in [0.05, 0.1) is 11.4 Å². The van der Waals surface area contributed by atoms with Crippen molar-refractivity contribution in [1.29, 1.82) is 0 Å². The second-order valence-electron chi connectivity index (χ2n) is 3.68. The van der Waals surface area contributed by atoms with Gasteiger partial charge >= 0.3 is 0 Å².